The van der Waals surface area contributed by atoms with Crippen LogP contribution in [0, 0.1) is 6.92 Å². The van der Waals surface area contributed by atoms with E-state index in [-0.39, 0.29) is 17.2 Å². The Morgan fingerprint density at radius 2 is 1.73 bits per heavy atom. The molecule has 30 heavy (non-hydrogen) atoms. The smallest absolute Gasteiger partial charge is 0.255 e. The van der Waals surface area contributed by atoms with Crippen LogP contribution in [0.5, 0.6) is 0 Å². The summed E-state index contributed by atoms with van der Waals surface area (Å²) in [5.41, 5.74) is 5.68. The normalized spacial score (nSPS) is 16.0. The van der Waals surface area contributed by atoms with Gasteiger partial charge in [-0.1, -0.05) is 55.0 Å². The first-order chi connectivity index (χ1) is 14.6. The lowest BCUT2D eigenvalue weighted by molar-refractivity contribution is -0.115. The van der Waals surface area contributed by atoms with Gasteiger partial charge in [-0.05, 0) is 54.8 Å². The van der Waals surface area contributed by atoms with Gasteiger partial charge in [0.05, 0.1) is 5.75 Å². The van der Waals surface area contributed by atoms with E-state index in [9.17, 15) is 9.59 Å². The summed E-state index contributed by atoms with van der Waals surface area (Å²) in [4.78, 5) is 27.0. The van der Waals surface area contributed by atoms with E-state index in [1.165, 1.54) is 5.56 Å². The van der Waals surface area contributed by atoms with Crippen LogP contribution >= 0.6 is 11.8 Å². The Morgan fingerprint density at radius 3 is 2.43 bits per heavy atom. The van der Waals surface area contributed by atoms with Crippen molar-refractivity contribution in [3.63, 3.8) is 0 Å². The van der Waals surface area contributed by atoms with E-state index in [1.54, 1.807) is 11.8 Å². The fourth-order valence-electron chi connectivity index (χ4n) is 3.62. The molecule has 3 aromatic carbocycles. The van der Waals surface area contributed by atoms with Gasteiger partial charge in [-0.3, -0.25) is 14.5 Å². The molecule has 0 unspecified atom stereocenters. The average Bonchev–Trinajstić information content (AvgIpc) is 3.15. The van der Waals surface area contributed by atoms with E-state index < -0.39 is 0 Å². The molecule has 5 heteroatoms. The van der Waals surface area contributed by atoms with Crippen LogP contribution in [0.4, 0.5) is 11.4 Å². The number of carbonyl (C=O) groups excluding carboxylic acids is 2. The summed E-state index contributed by atoms with van der Waals surface area (Å²) in [7, 11) is 0. The number of hydrogen-bond donors (Lipinski definition) is 1. The Morgan fingerprint density at radius 1 is 1.03 bits per heavy atom. The summed E-state index contributed by atoms with van der Waals surface area (Å²) < 4.78 is 0. The van der Waals surface area contributed by atoms with Crippen LogP contribution < -0.4 is 10.2 Å². The molecule has 1 heterocycles. The fraction of sp³-hybridized carbons (Fsp3) is 0.200. The van der Waals surface area contributed by atoms with Gasteiger partial charge in [0.25, 0.3) is 5.91 Å². The zero-order valence-electron chi connectivity index (χ0n) is 17.1. The highest BCUT2D eigenvalue weighted by molar-refractivity contribution is 8.00. The molecule has 1 atom stereocenters. The Kier molecular flexibility index (Phi) is 5.91. The summed E-state index contributed by atoms with van der Waals surface area (Å²) in [6, 6.07) is 23.4. The number of benzene rings is 3. The van der Waals surface area contributed by atoms with Crippen molar-refractivity contribution in [1.29, 1.82) is 0 Å². The molecule has 0 radical (unpaired) electrons. The molecule has 0 spiro atoms. The van der Waals surface area contributed by atoms with Crippen molar-refractivity contribution in [2.24, 2.45) is 0 Å². The number of hydrogen-bond acceptors (Lipinski definition) is 3. The topological polar surface area (TPSA) is 49.4 Å². The third kappa shape index (κ3) is 4.12. The van der Waals surface area contributed by atoms with Crippen LogP contribution in [-0.4, -0.2) is 17.6 Å². The molecule has 1 saturated heterocycles. The highest BCUT2D eigenvalue weighted by Gasteiger charge is 2.34. The molecule has 2 amide bonds. The van der Waals surface area contributed by atoms with Crippen molar-refractivity contribution >= 4 is 35.0 Å². The molecular formula is C25H24N2O2S. The highest BCUT2D eigenvalue weighted by Crippen LogP contribution is 2.43. The number of rotatable bonds is 5. The van der Waals surface area contributed by atoms with Gasteiger partial charge in [-0.15, -0.1) is 11.8 Å². The Labute approximate surface area is 181 Å². The van der Waals surface area contributed by atoms with Gasteiger partial charge < -0.3 is 5.32 Å². The van der Waals surface area contributed by atoms with Crippen molar-refractivity contribution in [3.05, 3.63) is 95.1 Å². The third-order valence-corrected chi connectivity index (χ3v) is 6.48. The molecule has 1 aliphatic rings. The lowest BCUT2D eigenvalue weighted by Crippen LogP contribution is -2.28. The number of aryl methyl sites for hydroxylation is 2. The molecule has 152 valence electrons. The number of carbonyl (C=O) groups is 2. The second-order valence-electron chi connectivity index (χ2n) is 7.35. The fourth-order valence-corrected chi connectivity index (χ4v) is 4.78. The SMILES string of the molecule is CCc1ccccc1N1C(=O)CS[C@@H]1c1ccc(NC(=O)c2ccc(C)cc2)cc1. The third-order valence-electron chi connectivity index (χ3n) is 5.27. The average molecular weight is 417 g/mol. The number of anilines is 2. The molecule has 1 N–H and O–H groups in total. The summed E-state index contributed by atoms with van der Waals surface area (Å²) in [5.74, 6) is 0.462. The van der Waals surface area contributed by atoms with Crippen molar-refractivity contribution in [2.75, 3.05) is 16.0 Å². The molecule has 1 aliphatic heterocycles. The molecule has 0 aromatic heterocycles. The Bertz CT molecular complexity index is 1060. The highest BCUT2D eigenvalue weighted by atomic mass is 32.2. The first-order valence-corrected chi connectivity index (χ1v) is 11.1. The van der Waals surface area contributed by atoms with E-state index >= 15 is 0 Å². The maximum absolute atomic E-state index is 12.7. The van der Waals surface area contributed by atoms with Gasteiger partial charge in [-0.2, -0.15) is 0 Å². The molecule has 0 saturated carbocycles. The van der Waals surface area contributed by atoms with E-state index in [4.69, 9.17) is 0 Å². The van der Waals surface area contributed by atoms with Crippen molar-refractivity contribution in [1.82, 2.24) is 0 Å². The van der Waals surface area contributed by atoms with E-state index in [2.05, 4.69) is 18.3 Å². The number of nitrogens with zero attached hydrogens (tertiary/aromatic N) is 1. The van der Waals surface area contributed by atoms with Gasteiger partial charge in [0.1, 0.15) is 5.37 Å². The van der Waals surface area contributed by atoms with Crippen LogP contribution in [0.1, 0.15) is 39.3 Å². The monoisotopic (exact) mass is 416 g/mol. The summed E-state index contributed by atoms with van der Waals surface area (Å²) in [6.07, 6.45) is 0.876. The van der Waals surface area contributed by atoms with Crippen LogP contribution in [0.25, 0.3) is 0 Å². The molecule has 1 fully saturated rings. The minimum absolute atomic E-state index is 0.0629. The van der Waals surface area contributed by atoms with E-state index in [0.29, 0.717) is 11.3 Å². The summed E-state index contributed by atoms with van der Waals surface area (Å²) in [5, 5.41) is 2.88. The van der Waals surface area contributed by atoms with Crippen LogP contribution in [0.15, 0.2) is 72.8 Å². The first kappa shape index (κ1) is 20.2. The summed E-state index contributed by atoms with van der Waals surface area (Å²) in [6.45, 7) is 4.10. The maximum atomic E-state index is 12.7. The Hall–Kier alpha value is -3.05. The van der Waals surface area contributed by atoms with Gasteiger partial charge in [0, 0.05) is 16.9 Å². The van der Waals surface area contributed by atoms with E-state index in [0.717, 1.165) is 28.9 Å². The largest absolute Gasteiger partial charge is 0.322 e. The zero-order chi connectivity index (χ0) is 21.1. The summed E-state index contributed by atoms with van der Waals surface area (Å²) >= 11 is 1.63. The number of amides is 2. The zero-order valence-corrected chi connectivity index (χ0v) is 17.9. The quantitative estimate of drug-likeness (QED) is 0.590. The van der Waals surface area contributed by atoms with Gasteiger partial charge >= 0.3 is 0 Å². The second kappa shape index (κ2) is 8.76. The molecule has 0 aliphatic carbocycles. The second-order valence-corrected chi connectivity index (χ2v) is 8.42. The van der Waals surface area contributed by atoms with Crippen molar-refractivity contribution < 1.29 is 9.59 Å². The maximum Gasteiger partial charge on any atom is 0.255 e. The number of para-hydroxylation sites is 1. The predicted molar refractivity (Wildman–Crippen MR) is 124 cm³/mol. The minimum Gasteiger partial charge on any atom is -0.322 e. The Balaban J connectivity index is 1.53. The van der Waals surface area contributed by atoms with Crippen LogP contribution in [-0.2, 0) is 11.2 Å². The standard InChI is InChI=1S/C25H24N2O2S/c1-3-18-6-4-5-7-22(18)27-23(28)16-30-25(27)20-12-14-21(15-13-20)26-24(29)19-10-8-17(2)9-11-19/h4-15,25H,3,16H2,1-2H3,(H,26,29)/t25-/m1/s1. The van der Waals surface area contributed by atoms with Gasteiger partial charge in [-0.25, -0.2) is 0 Å². The molecule has 4 nitrogen and oxygen atoms in total. The first-order valence-electron chi connectivity index (χ1n) is 10.1. The molecule has 0 bridgehead atoms. The van der Waals surface area contributed by atoms with Crippen molar-refractivity contribution in [3.8, 4) is 0 Å². The molecular weight excluding hydrogens is 392 g/mol. The van der Waals surface area contributed by atoms with Gasteiger partial charge in [0.2, 0.25) is 5.91 Å². The van der Waals surface area contributed by atoms with Crippen LogP contribution in [0.2, 0.25) is 0 Å². The number of nitrogens with one attached hydrogen (secondary N) is 1. The van der Waals surface area contributed by atoms with Crippen LogP contribution in [0.3, 0.4) is 0 Å². The minimum atomic E-state index is -0.133. The van der Waals surface area contributed by atoms with E-state index in [1.807, 2.05) is 78.6 Å². The number of thioether (sulfide) groups is 1. The lowest BCUT2D eigenvalue weighted by Gasteiger charge is -2.26. The lowest BCUT2D eigenvalue weighted by atomic mass is 10.1. The molecule has 3 aromatic rings. The van der Waals surface area contributed by atoms with Crippen molar-refractivity contribution in [2.45, 2.75) is 25.6 Å². The predicted octanol–water partition coefficient (Wildman–Crippen LogP) is 5.59. The van der Waals surface area contributed by atoms with Gasteiger partial charge in [0.15, 0.2) is 0 Å². The molecule has 4 rings (SSSR count).